The summed E-state index contributed by atoms with van der Waals surface area (Å²) in [5, 5.41) is 0. The van der Waals surface area contributed by atoms with Gasteiger partial charge in [-0.2, -0.15) is 0 Å². The predicted molar refractivity (Wildman–Crippen MR) is 168 cm³/mol. The van der Waals surface area contributed by atoms with E-state index < -0.39 is 0 Å². The summed E-state index contributed by atoms with van der Waals surface area (Å²) in [6.45, 7) is 12.3. The smallest absolute Gasteiger partial charge is 0.0383 e. The van der Waals surface area contributed by atoms with Gasteiger partial charge in [0.1, 0.15) is 0 Å². The lowest BCUT2D eigenvalue weighted by Gasteiger charge is -2.34. The second kappa shape index (κ2) is 20.8. The molecule has 4 aliphatic carbocycles. The molecule has 0 radical (unpaired) electrons. The fraction of sp³-hybridized carbons (Fsp3) is 1.00. The van der Waals surface area contributed by atoms with Gasteiger partial charge in [0.25, 0.3) is 0 Å². The van der Waals surface area contributed by atoms with Crippen LogP contribution in [0.25, 0.3) is 0 Å². The molecule has 37 heavy (non-hydrogen) atoms. The first-order valence-electron chi connectivity index (χ1n) is 17.9. The molecule has 0 nitrogen and oxygen atoms in total. The van der Waals surface area contributed by atoms with Crippen molar-refractivity contribution in [2.75, 3.05) is 0 Å². The van der Waals surface area contributed by atoms with Crippen molar-refractivity contribution in [3.63, 3.8) is 0 Å². The zero-order valence-corrected chi connectivity index (χ0v) is 26.7. The van der Waals surface area contributed by atoms with Gasteiger partial charge in [-0.05, 0) is 60.7 Å². The van der Waals surface area contributed by atoms with Gasteiger partial charge in [-0.1, -0.05) is 176 Å². The van der Waals surface area contributed by atoms with Crippen LogP contribution in [0.5, 0.6) is 0 Å². The van der Waals surface area contributed by atoms with Gasteiger partial charge in [0.2, 0.25) is 0 Å². The highest BCUT2D eigenvalue weighted by atomic mass is 14.3. The van der Waals surface area contributed by atoms with Crippen molar-refractivity contribution in [1.29, 1.82) is 0 Å². The van der Waals surface area contributed by atoms with Gasteiger partial charge < -0.3 is 0 Å². The third-order valence-corrected chi connectivity index (χ3v) is 10.9. The second-order valence-electron chi connectivity index (χ2n) is 15.0. The first-order valence-corrected chi connectivity index (χ1v) is 17.9. The molecular formula is C37H72. The highest BCUT2D eigenvalue weighted by molar-refractivity contribution is 4.78. The summed E-state index contributed by atoms with van der Waals surface area (Å²) in [6, 6.07) is 0. The van der Waals surface area contributed by atoms with Gasteiger partial charge in [-0.15, -0.1) is 0 Å². The molecule has 0 N–H and O–H groups in total. The van der Waals surface area contributed by atoms with Crippen LogP contribution in [-0.4, -0.2) is 0 Å². The van der Waals surface area contributed by atoms with Crippen LogP contribution >= 0.6 is 0 Å². The average Bonchev–Trinajstić information content (AvgIpc) is 2.83. The van der Waals surface area contributed by atoms with Crippen LogP contribution in [0, 0.1) is 41.4 Å². The fourth-order valence-corrected chi connectivity index (χ4v) is 7.87. The highest BCUT2D eigenvalue weighted by Gasteiger charge is 2.27. The average molecular weight is 517 g/mol. The van der Waals surface area contributed by atoms with Crippen molar-refractivity contribution >= 4 is 0 Å². The van der Waals surface area contributed by atoms with E-state index in [-0.39, 0.29) is 0 Å². The second-order valence-corrected chi connectivity index (χ2v) is 15.0. The molecule has 0 heteroatoms. The van der Waals surface area contributed by atoms with E-state index in [1.54, 1.807) is 6.42 Å². The van der Waals surface area contributed by atoms with Crippen LogP contribution in [0.3, 0.4) is 0 Å². The summed E-state index contributed by atoms with van der Waals surface area (Å²) in [5.74, 6) is 7.12. The monoisotopic (exact) mass is 517 g/mol. The van der Waals surface area contributed by atoms with E-state index in [9.17, 15) is 0 Å². The van der Waals surface area contributed by atoms with E-state index in [1.807, 2.05) is 0 Å². The summed E-state index contributed by atoms with van der Waals surface area (Å²) in [6.07, 6.45) is 37.5. The number of rotatable bonds is 1. The normalized spacial score (nSPS) is 34.1. The van der Waals surface area contributed by atoms with Crippen LogP contribution in [0.2, 0.25) is 0 Å². The summed E-state index contributed by atoms with van der Waals surface area (Å²) < 4.78 is 0. The molecule has 4 fully saturated rings. The molecule has 0 aliphatic heterocycles. The molecule has 0 amide bonds. The van der Waals surface area contributed by atoms with Gasteiger partial charge in [0, 0.05) is 0 Å². The van der Waals surface area contributed by atoms with Crippen LogP contribution in [-0.2, 0) is 0 Å². The number of hydrogen-bond acceptors (Lipinski definition) is 0. The first kappa shape index (κ1) is 33.2. The van der Waals surface area contributed by atoms with Gasteiger partial charge in [-0.3, -0.25) is 0 Å². The molecule has 4 rings (SSSR count). The minimum absolute atomic E-state index is 0.982. The van der Waals surface area contributed by atoms with Crippen molar-refractivity contribution < 1.29 is 0 Å². The van der Waals surface area contributed by atoms with Crippen molar-refractivity contribution in [2.45, 2.75) is 195 Å². The van der Waals surface area contributed by atoms with E-state index in [4.69, 9.17) is 0 Å². The van der Waals surface area contributed by atoms with E-state index in [0.717, 1.165) is 41.4 Å². The van der Waals surface area contributed by atoms with Gasteiger partial charge >= 0.3 is 0 Å². The molecule has 220 valence electrons. The maximum Gasteiger partial charge on any atom is -0.0383 e. The Morgan fingerprint density at radius 3 is 1.05 bits per heavy atom. The minimum Gasteiger partial charge on any atom is -0.0625 e. The van der Waals surface area contributed by atoms with Crippen molar-refractivity contribution in [3.05, 3.63) is 0 Å². The maximum atomic E-state index is 2.51. The van der Waals surface area contributed by atoms with Gasteiger partial charge in [-0.25, -0.2) is 0 Å². The molecule has 0 aromatic rings. The summed E-state index contributed by atoms with van der Waals surface area (Å²) in [7, 11) is 0. The molecule has 0 heterocycles. The van der Waals surface area contributed by atoms with E-state index in [1.165, 1.54) is 154 Å². The largest absolute Gasteiger partial charge is 0.0625 e. The first-order chi connectivity index (χ1) is 17.9. The maximum absolute atomic E-state index is 2.51. The third-order valence-electron chi connectivity index (χ3n) is 10.9. The van der Waals surface area contributed by atoms with E-state index in [2.05, 4.69) is 34.6 Å². The quantitative estimate of drug-likeness (QED) is 0.325. The summed E-state index contributed by atoms with van der Waals surface area (Å²) >= 11 is 0. The van der Waals surface area contributed by atoms with Crippen molar-refractivity contribution in [2.24, 2.45) is 41.4 Å². The Morgan fingerprint density at radius 2 is 0.541 bits per heavy atom. The lowest BCUT2D eigenvalue weighted by atomic mass is 9.71. The molecular weight excluding hydrogens is 444 g/mol. The standard InChI is InChI=1S/C19H36.2C9H18/c1-15-6-4-5-7-18(12-10-15)19-13-11-16(2)8-9-17(3)14-19;2*1-9-7-5-3-2-4-6-8-9/h15-19H,4-14H2,1-3H3;2*9H,2-8H2,1H3. The lowest BCUT2D eigenvalue weighted by Crippen LogP contribution is -2.22. The molecule has 4 aliphatic rings. The SMILES string of the molecule is CC1CCCCC(C2CCC(C)CCC(C)C2)CC1.CC1CCCCCCC1.CC1CCCCCCC1. The van der Waals surface area contributed by atoms with Crippen LogP contribution in [0.15, 0.2) is 0 Å². The topological polar surface area (TPSA) is 0 Å². The van der Waals surface area contributed by atoms with E-state index in [0.29, 0.717) is 0 Å². The number of hydrogen-bond donors (Lipinski definition) is 0. The molecule has 4 saturated carbocycles. The lowest BCUT2D eigenvalue weighted by molar-refractivity contribution is 0.172. The van der Waals surface area contributed by atoms with E-state index >= 15 is 0 Å². The highest BCUT2D eigenvalue weighted by Crippen LogP contribution is 2.39. The van der Waals surface area contributed by atoms with Crippen molar-refractivity contribution in [1.82, 2.24) is 0 Å². The van der Waals surface area contributed by atoms with Crippen LogP contribution in [0.1, 0.15) is 195 Å². The summed E-state index contributed by atoms with van der Waals surface area (Å²) in [4.78, 5) is 0. The molecule has 0 bridgehead atoms. The predicted octanol–water partition coefficient (Wildman–Crippen LogP) is 13.2. The molecule has 0 saturated heterocycles. The van der Waals surface area contributed by atoms with Crippen molar-refractivity contribution in [3.8, 4) is 0 Å². The molecule has 0 aromatic heterocycles. The Bertz CT molecular complexity index is 472. The third kappa shape index (κ3) is 16.6. The Balaban J connectivity index is 0.000000222. The Morgan fingerprint density at radius 1 is 0.243 bits per heavy atom. The Hall–Kier alpha value is 0. The summed E-state index contributed by atoms with van der Waals surface area (Å²) in [5.41, 5.74) is 0. The Labute approximate surface area is 236 Å². The molecule has 0 aromatic carbocycles. The van der Waals surface area contributed by atoms with Gasteiger partial charge in [0.05, 0.1) is 0 Å². The molecule has 5 atom stereocenters. The zero-order valence-electron chi connectivity index (χ0n) is 26.7. The zero-order chi connectivity index (χ0) is 26.7. The Kier molecular flexibility index (Phi) is 18.7. The van der Waals surface area contributed by atoms with Crippen LogP contribution in [0.4, 0.5) is 0 Å². The molecule has 0 spiro atoms. The van der Waals surface area contributed by atoms with Gasteiger partial charge in [0.15, 0.2) is 0 Å². The fourth-order valence-electron chi connectivity index (χ4n) is 7.87. The minimum atomic E-state index is 0.982. The molecule has 5 unspecified atom stereocenters. The van der Waals surface area contributed by atoms with Crippen LogP contribution < -0.4 is 0 Å².